The molecule has 2 atom stereocenters. The van der Waals surface area contributed by atoms with Gasteiger partial charge in [-0.2, -0.15) is 0 Å². The third-order valence-electron chi connectivity index (χ3n) is 2.83. The number of hydrogen-bond donors (Lipinski definition) is 1. The molecule has 0 aromatic carbocycles. The lowest BCUT2D eigenvalue weighted by Crippen LogP contribution is -2.44. The summed E-state index contributed by atoms with van der Waals surface area (Å²) in [6.45, 7) is 5.10. The normalized spacial score (nSPS) is 30.4. The monoisotopic (exact) mass is 200 g/mol. The fourth-order valence-corrected chi connectivity index (χ4v) is 1.84. The summed E-state index contributed by atoms with van der Waals surface area (Å²) in [6, 6.07) is -0.126. The van der Waals surface area contributed by atoms with E-state index in [0.29, 0.717) is 6.54 Å². The number of amides is 1. The van der Waals surface area contributed by atoms with Crippen molar-refractivity contribution in [2.75, 3.05) is 27.2 Å². The van der Waals surface area contributed by atoms with Crippen LogP contribution in [0.3, 0.4) is 0 Å². The Kier molecular flexibility index (Phi) is 3.17. The lowest BCUT2D eigenvalue weighted by Gasteiger charge is -2.26. The topological polar surface area (TPSA) is 43.8 Å². The fourth-order valence-electron chi connectivity index (χ4n) is 1.84. The molecule has 1 rings (SSSR count). The Morgan fingerprint density at radius 2 is 2.14 bits per heavy atom. The van der Waals surface area contributed by atoms with Crippen LogP contribution in [-0.4, -0.2) is 59.6 Å². The average molecular weight is 200 g/mol. The van der Waals surface area contributed by atoms with Crippen molar-refractivity contribution in [1.29, 1.82) is 0 Å². The second-order valence-electron chi connectivity index (χ2n) is 4.63. The van der Waals surface area contributed by atoms with Crippen molar-refractivity contribution in [3.8, 4) is 0 Å². The molecule has 0 aromatic rings. The molecule has 0 bridgehead atoms. The summed E-state index contributed by atoms with van der Waals surface area (Å²) >= 11 is 0. The number of likely N-dealkylation sites (N-methyl/N-ethyl adjacent to an activating group) is 1. The molecule has 1 amide bonds. The van der Waals surface area contributed by atoms with Crippen LogP contribution in [0.4, 0.5) is 0 Å². The molecule has 1 aliphatic heterocycles. The SMILES string of the molecule is CC(C(=O)N(C)C)N1CCC(C)(O)C1. The summed E-state index contributed by atoms with van der Waals surface area (Å²) in [5, 5.41) is 9.77. The van der Waals surface area contributed by atoms with Gasteiger partial charge in [-0.15, -0.1) is 0 Å². The number of aliphatic hydroxyl groups is 1. The lowest BCUT2D eigenvalue weighted by molar-refractivity contribution is -0.133. The van der Waals surface area contributed by atoms with E-state index in [1.54, 1.807) is 19.0 Å². The molecular weight excluding hydrogens is 180 g/mol. The van der Waals surface area contributed by atoms with Crippen LogP contribution >= 0.6 is 0 Å². The van der Waals surface area contributed by atoms with E-state index in [9.17, 15) is 9.90 Å². The molecule has 1 aliphatic rings. The highest BCUT2D eigenvalue weighted by Gasteiger charge is 2.36. The maximum atomic E-state index is 11.6. The Hall–Kier alpha value is -0.610. The van der Waals surface area contributed by atoms with Crippen molar-refractivity contribution < 1.29 is 9.90 Å². The fraction of sp³-hybridized carbons (Fsp3) is 0.900. The van der Waals surface area contributed by atoms with Crippen LogP contribution in [0, 0.1) is 0 Å². The minimum atomic E-state index is -0.624. The summed E-state index contributed by atoms with van der Waals surface area (Å²) in [6.07, 6.45) is 0.748. The van der Waals surface area contributed by atoms with Gasteiger partial charge in [-0.1, -0.05) is 0 Å². The summed E-state index contributed by atoms with van der Waals surface area (Å²) in [7, 11) is 3.51. The van der Waals surface area contributed by atoms with Crippen LogP contribution in [0.1, 0.15) is 20.3 Å². The predicted octanol–water partition coefficient (Wildman–Crippen LogP) is -0.0802. The van der Waals surface area contributed by atoms with Gasteiger partial charge in [0.2, 0.25) is 5.91 Å². The maximum absolute atomic E-state index is 11.6. The first-order valence-corrected chi connectivity index (χ1v) is 5.01. The van der Waals surface area contributed by atoms with Gasteiger partial charge < -0.3 is 10.0 Å². The highest BCUT2D eigenvalue weighted by molar-refractivity contribution is 5.81. The van der Waals surface area contributed by atoms with E-state index in [4.69, 9.17) is 0 Å². The van der Waals surface area contributed by atoms with Crippen molar-refractivity contribution in [1.82, 2.24) is 9.80 Å². The van der Waals surface area contributed by atoms with Gasteiger partial charge in [0.05, 0.1) is 11.6 Å². The first kappa shape index (κ1) is 11.5. The van der Waals surface area contributed by atoms with Gasteiger partial charge in [0.15, 0.2) is 0 Å². The van der Waals surface area contributed by atoms with E-state index in [-0.39, 0.29) is 11.9 Å². The molecule has 2 unspecified atom stereocenters. The first-order chi connectivity index (χ1) is 6.33. The predicted molar refractivity (Wildman–Crippen MR) is 55.0 cm³/mol. The van der Waals surface area contributed by atoms with Gasteiger partial charge in [0, 0.05) is 27.2 Å². The summed E-state index contributed by atoms with van der Waals surface area (Å²) in [5.74, 6) is 0.0997. The molecule has 0 aromatic heterocycles. The number of rotatable bonds is 2. The molecule has 1 saturated heterocycles. The Morgan fingerprint density at radius 3 is 2.50 bits per heavy atom. The van der Waals surface area contributed by atoms with Crippen molar-refractivity contribution in [2.24, 2.45) is 0 Å². The van der Waals surface area contributed by atoms with Crippen molar-refractivity contribution in [2.45, 2.75) is 31.9 Å². The van der Waals surface area contributed by atoms with Gasteiger partial charge in [0.1, 0.15) is 0 Å². The molecule has 1 heterocycles. The third-order valence-corrected chi connectivity index (χ3v) is 2.83. The molecule has 82 valence electrons. The zero-order valence-corrected chi connectivity index (χ0v) is 9.45. The minimum Gasteiger partial charge on any atom is -0.389 e. The van der Waals surface area contributed by atoms with Crippen LogP contribution in [0.15, 0.2) is 0 Å². The zero-order valence-electron chi connectivity index (χ0n) is 9.45. The Bertz CT molecular complexity index is 226. The molecule has 1 fully saturated rings. The van der Waals surface area contributed by atoms with Gasteiger partial charge >= 0.3 is 0 Å². The summed E-state index contributed by atoms with van der Waals surface area (Å²) in [4.78, 5) is 15.3. The zero-order chi connectivity index (χ0) is 10.9. The second-order valence-corrected chi connectivity index (χ2v) is 4.63. The molecule has 0 spiro atoms. The quantitative estimate of drug-likeness (QED) is 0.678. The summed E-state index contributed by atoms with van der Waals surface area (Å²) in [5.41, 5.74) is -0.624. The van der Waals surface area contributed by atoms with Gasteiger partial charge in [-0.3, -0.25) is 9.69 Å². The van der Waals surface area contributed by atoms with Crippen LogP contribution in [0.25, 0.3) is 0 Å². The van der Waals surface area contributed by atoms with Gasteiger partial charge in [-0.05, 0) is 20.3 Å². The van der Waals surface area contributed by atoms with Crippen LogP contribution in [-0.2, 0) is 4.79 Å². The van der Waals surface area contributed by atoms with Crippen LogP contribution in [0.2, 0.25) is 0 Å². The number of carbonyl (C=O) groups is 1. The number of hydrogen-bond acceptors (Lipinski definition) is 3. The highest BCUT2D eigenvalue weighted by atomic mass is 16.3. The van der Waals surface area contributed by atoms with Crippen LogP contribution in [0.5, 0.6) is 0 Å². The van der Waals surface area contributed by atoms with E-state index in [0.717, 1.165) is 13.0 Å². The molecule has 4 nitrogen and oxygen atoms in total. The molecule has 0 radical (unpaired) electrons. The Morgan fingerprint density at radius 1 is 1.57 bits per heavy atom. The smallest absolute Gasteiger partial charge is 0.239 e. The van der Waals surface area contributed by atoms with E-state index in [2.05, 4.69) is 0 Å². The van der Waals surface area contributed by atoms with Crippen molar-refractivity contribution >= 4 is 5.91 Å². The molecule has 1 N–H and O–H groups in total. The Labute approximate surface area is 85.5 Å². The first-order valence-electron chi connectivity index (χ1n) is 5.01. The molecule has 0 saturated carbocycles. The number of carbonyl (C=O) groups excluding carboxylic acids is 1. The Balaban J connectivity index is 2.55. The van der Waals surface area contributed by atoms with Gasteiger partial charge in [0.25, 0.3) is 0 Å². The molecule has 14 heavy (non-hydrogen) atoms. The maximum Gasteiger partial charge on any atom is 0.239 e. The number of nitrogens with zero attached hydrogens (tertiary/aromatic N) is 2. The number of likely N-dealkylation sites (tertiary alicyclic amines) is 1. The summed E-state index contributed by atoms with van der Waals surface area (Å²) < 4.78 is 0. The van der Waals surface area contributed by atoms with Gasteiger partial charge in [-0.25, -0.2) is 0 Å². The lowest BCUT2D eigenvalue weighted by atomic mass is 10.1. The van der Waals surface area contributed by atoms with E-state index in [1.807, 2.05) is 18.7 Å². The largest absolute Gasteiger partial charge is 0.389 e. The molecule has 0 aliphatic carbocycles. The molecule has 4 heteroatoms. The van der Waals surface area contributed by atoms with E-state index >= 15 is 0 Å². The van der Waals surface area contributed by atoms with Crippen molar-refractivity contribution in [3.63, 3.8) is 0 Å². The second kappa shape index (κ2) is 3.87. The number of β-amino-alcohol motifs (C(OH)–C–C–N with tert-alkyl or cyclic N) is 1. The minimum absolute atomic E-state index is 0.0997. The highest BCUT2D eigenvalue weighted by Crippen LogP contribution is 2.22. The molecular formula is C10H20N2O2. The van der Waals surface area contributed by atoms with E-state index in [1.165, 1.54) is 0 Å². The average Bonchev–Trinajstić information content (AvgIpc) is 2.43. The van der Waals surface area contributed by atoms with Crippen LogP contribution < -0.4 is 0 Å². The van der Waals surface area contributed by atoms with E-state index < -0.39 is 5.60 Å². The standard InChI is InChI=1S/C10H20N2O2/c1-8(9(13)11(3)4)12-6-5-10(2,14)7-12/h8,14H,5-7H2,1-4H3. The van der Waals surface area contributed by atoms with Crippen molar-refractivity contribution in [3.05, 3.63) is 0 Å². The third kappa shape index (κ3) is 2.45.